The van der Waals surface area contributed by atoms with Gasteiger partial charge in [0.15, 0.2) is 0 Å². The molecule has 32 heavy (non-hydrogen) atoms. The average molecular weight is 446 g/mol. The first-order chi connectivity index (χ1) is 15.6. The Hall–Kier alpha value is -3.58. The molecular weight excluding hydrogens is 422 g/mol. The lowest BCUT2D eigenvalue weighted by Crippen LogP contribution is -2.27. The number of amides is 2. The van der Waals surface area contributed by atoms with E-state index in [1.165, 1.54) is 0 Å². The fourth-order valence-corrected chi connectivity index (χ4v) is 4.59. The van der Waals surface area contributed by atoms with Crippen LogP contribution in [0.4, 0.5) is 0 Å². The van der Waals surface area contributed by atoms with Gasteiger partial charge in [-0.25, -0.2) is 5.43 Å². The van der Waals surface area contributed by atoms with Crippen molar-refractivity contribution in [2.24, 2.45) is 5.10 Å². The number of nitrogens with one attached hydrogen (secondary N) is 1. The normalized spacial score (nSPS) is 15.8. The second kappa shape index (κ2) is 10.2. The van der Waals surface area contributed by atoms with Gasteiger partial charge in [0, 0.05) is 12.1 Å². The van der Waals surface area contributed by atoms with Crippen LogP contribution >= 0.6 is 11.8 Å². The van der Waals surface area contributed by atoms with Gasteiger partial charge in [0.1, 0.15) is 11.1 Å². The first-order valence-electron chi connectivity index (χ1n) is 10.2. The second-order valence-corrected chi connectivity index (χ2v) is 8.33. The van der Waals surface area contributed by atoms with Crippen LogP contribution in [0, 0.1) is 0 Å². The van der Waals surface area contributed by atoms with E-state index in [0.717, 1.165) is 22.4 Å². The van der Waals surface area contributed by atoms with E-state index in [-0.39, 0.29) is 17.2 Å². The highest BCUT2D eigenvalue weighted by Gasteiger charge is 2.32. The summed E-state index contributed by atoms with van der Waals surface area (Å²) in [7, 11) is 1.61. The van der Waals surface area contributed by atoms with Gasteiger partial charge in [-0.1, -0.05) is 42.5 Å². The van der Waals surface area contributed by atoms with Crippen molar-refractivity contribution < 1.29 is 14.3 Å². The number of carbonyl (C=O) groups is 2. The lowest BCUT2D eigenvalue weighted by Gasteiger charge is -2.24. The van der Waals surface area contributed by atoms with E-state index in [9.17, 15) is 9.59 Å². The first-order valence-corrected chi connectivity index (χ1v) is 11.2. The van der Waals surface area contributed by atoms with Gasteiger partial charge in [-0.15, -0.1) is 11.8 Å². The van der Waals surface area contributed by atoms with E-state index in [1.54, 1.807) is 37.2 Å². The zero-order valence-electron chi connectivity index (χ0n) is 17.6. The third kappa shape index (κ3) is 5.18. The molecule has 0 radical (unpaired) electrons. The molecule has 0 saturated carbocycles. The number of methoxy groups -OCH3 is 1. The zero-order valence-corrected chi connectivity index (χ0v) is 18.4. The first kappa shape index (κ1) is 21.6. The Bertz CT molecular complexity index is 1100. The van der Waals surface area contributed by atoms with Gasteiger partial charge < -0.3 is 9.64 Å². The highest BCUT2D eigenvalue weighted by Crippen LogP contribution is 2.39. The predicted octanol–water partition coefficient (Wildman–Crippen LogP) is 4.23. The maximum Gasteiger partial charge on any atom is 0.271 e. The molecule has 1 heterocycles. The van der Waals surface area contributed by atoms with Crippen LogP contribution in [-0.4, -0.2) is 35.8 Å². The van der Waals surface area contributed by atoms with Crippen molar-refractivity contribution in [1.29, 1.82) is 0 Å². The molecule has 0 unspecified atom stereocenters. The van der Waals surface area contributed by atoms with E-state index in [0.29, 0.717) is 17.9 Å². The highest BCUT2D eigenvalue weighted by molar-refractivity contribution is 8.00. The number of hydrogen-bond donors (Lipinski definition) is 1. The monoisotopic (exact) mass is 445 g/mol. The van der Waals surface area contributed by atoms with Crippen molar-refractivity contribution in [2.45, 2.75) is 11.9 Å². The molecule has 1 atom stereocenters. The van der Waals surface area contributed by atoms with Crippen molar-refractivity contribution in [1.82, 2.24) is 10.3 Å². The topological polar surface area (TPSA) is 71.0 Å². The third-order valence-electron chi connectivity index (χ3n) is 5.12. The number of carbonyl (C=O) groups excluding carboxylic acids is 2. The number of nitrogens with zero attached hydrogens (tertiary/aromatic N) is 2. The molecule has 1 aliphatic heterocycles. The molecule has 1 saturated heterocycles. The summed E-state index contributed by atoms with van der Waals surface area (Å²) in [5.41, 5.74) is 5.99. The van der Waals surface area contributed by atoms with E-state index in [2.05, 4.69) is 10.5 Å². The minimum Gasteiger partial charge on any atom is -0.497 e. The van der Waals surface area contributed by atoms with Gasteiger partial charge in [-0.3, -0.25) is 9.59 Å². The van der Waals surface area contributed by atoms with Gasteiger partial charge in [-0.05, 0) is 53.1 Å². The average Bonchev–Trinajstić information content (AvgIpc) is 3.20. The highest BCUT2D eigenvalue weighted by atomic mass is 32.2. The number of hydrazone groups is 1. The third-order valence-corrected chi connectivity index (χ3v) is 6.37. The Morgan fingerprint density at radius 3 is 2.50 bits per heavy atom. The van der Waals surface area contributed by atoms with Gasteiger partial charge in [0.2, 0.25) is 5.91 Å². The molecule has 3 aromatic carbocycles. The molecule has 0 aliphatic carbocycles. The molecule has 4 rings (SSSR count). The predicted molar refractivity (Wildman–Crippen MR) is 127 cm³/mol. The minimum atomic E-state index is -0.294. The van der Waals surface area contributed by atoms with Gasteiger partial charge in [0.25, 0.3) is 5.91 Å². The SMILES string of the molecule is COc1ccc(/C=N\NC(=O)c2ccc([C@H]3SCC(=O)N3Cc3ccccc3)cc2)cc1. The van der Waals surface area contributed by atoms with E-state index < -0.39 is 0 Å². The summed E-state index contributed by atoms with van der Waals surface area (Å²) in [6, 6.07) is 24.6. The molecule has 7 heteroatoms. The summed E-state index contributed by atoms with van der Waals surface area (Å²) >= 11 is 1.60. The van der Waals surface area contributed by atoms with Crippen molar-refractivity contribution in [3.63, 3.8) is 0 Å². The Kier molecular flexibility index (Phi) is 6.87. The fraction of sp³-hybridized carbons (Fsp3) is 0.160. The summed E-state index contributed by atoms with van der Waals surface area (Å²) < 4.78 is 5.12. The van der Waals surface area contributed by atoms with Crippen LogP contribution in [0.15, 0.2) is 84.0 Å². The Labute approximate surface area is 191 Å². The zero-order chi connectivity index (χ0) is 22.3. The summed E-state index contributed by atoms with van der Waals surface area (Å²) in [4.78, 5) is 26.7. The molecule has 0 aromatic heterocycles. The molecule has 6 nitrogen and oxygen atoms in total. The lowest BCUT2D eigenvalue weighted by atomic mass is 10.1. The Morgan fingerprint density at radius 1 is 1.09 bits per heavy atom. The molecule has 162 valence electrons. The molecule has 1 N–H and O–H groups in total. The maximum absolute atomic E-state index is 12.4. The number of thioether (sulfide) groups is 1. The molecule has 3 aromatic rings. The maximum atomic E-state index is 12.4. The standard InChI is InChI=1S/C25H23N3O3S/c1-31-22-13-7-18(8-14-22)15-26-27-24(30)20-9-11-21(12-10-20)25-28(23(29)17-32-25)16-19-5-3-2-4-6-19/h2-15,25H,16-17H2,1H3,(H,27,30)/b26-15-/t25-/m1/s1. The summed E-state index contributed by atoms with van der Waals surface area (Å²) in [5, 5.41) is 3.96. The van der Waals surface area contributed by atoms with E-state index in [4.69, 9.17) is 4.74 Å². The number of ether oxygens (including phenoxy) is 1. The molecule has 1 aliphatic rings. The van der Waals surface area contributed by atoms with Crippen LogP contribution in [0.1, 0.15) is 32.4 Å². The Morgan fingerprint density at radius 2 is 1.81 bits per heavy atom. The Balaban J connectivity index is 1.38. The number of hydrogen-bond acceptors (Lipinski definition) is 5. The lowest BCUT2D eigenvalue weighted by molar-refractivity contribution is -0.128. The van der Waals surface area contributed by atoms with Gasteiger partial charge >= 0.3 is 0 Å². The van der Waals surface area contributed by atoms with Crippen molar-refractivity contribution in [3.8, 4) is 5.75 Å². The summed E-state index contributed by atoms with van der Waals surface area (Å²) in [6.07, 6.45) is 1.58. The molecule has 2 amide bonds. The largest absolute Gasteiger partial charge is 0.497 e. The second-order valence-electron chi connectivity index (χ2n) is 7.26. The fourth-order valence-electron chi connectivity index (χ4n) is 3.40. The van der Waals surface area contributed by atoms with E-state index in [1.807, 2.05) is 71.6 Å². The van der Waals surface area contributed by atoms with Crippen molar-refractivity contribution >= 4 is 29.8 Å². The van der Waals surface area contributed by atoms with E-state index >= 15 is 0 Å². The van der Waals surface area contributed by atoms with Gasteiger partial charge in [0.05, 0.1) is 19.1 Å². The van der Waals surface area contributed by atoms with Crippen LogP contribution in [0.5, 0.6) is 5.75 Å². The van der Waals surface area contributed by atoms with Crippen LogP contribution in [0.3, 0.4) is 0 Å². The van der Waals surface area contributed by atoms with Crippen LogP contribution in [0.25, 0.3) is 0 Å². The molecular formula is C25H23N3O3S. The van der Waals surface area contributed by atoms with Crippen LogP contribution in [0.2, 0.25) is 0 Å². The molecule has 0 bridgehead atoms. The van der Waals surface area contributed by atoms with Crippen LogP contribution in [-0.2, 0) is 11.3 Å². The summed E-state index contributed by atoms with van der Waals surface area (Å²) in [5.74, 6) is 1.05. The molecule has 0 spiro atoms. The smallest absolute Gasteiger partial charge is 0.271 e. The number of rotatable bonds is 7. The molecule has 1 fully saturated rings. The minimum absolute atomic E-state index is 0.0621. The van der Waals surface area contributed by atoms with Crippen molar-refractivity contribution in [3.05, 3.63) is 101 Å². The number of benzene rings is 3. The van der Waals surface area contributed by atoms with Gasteiger partial charge in [-0.2, -0.15) is 5.10 Å². The van der Waals surface area contributed by atoms with Crippen LogP contribution < -0.4 is 10.2 Å². The summed E-state index contributed by atoms with van der Waals surface area (Å²) in [6.45, 7) is 0.569. The quantitative estimate of drug-likeness (QED) is 0.436. The van der Waals surface area contributed by atoms with Crippen molar-refractivity contribution in [2.75, 3.05) is 12.9 Å².